The lowest BCUT2D eigenvalue weighted by Gasteiger charge is -2.03. The van der Waals surface area contributed by atoms with E-state index in [0.29, 0.717) is 17.6 Å². The number of fused-ring (bicyclic) bond motifs is 3. The molecule has 1 aliphatic heterocycles. The van der Waals surface area contributed by atoms with Crippen LogP contribution < -0.4 is 5.32 Å². The number of ketones is 1. The number of thiophene rings is 4. The van der Waals surface area contributed by atoms with Crippen LogP contribution in [0.1, 0.15) is 157 Å². The minimum Gasteiger partial charge on any atom is -0.320 e. The van der Waals surface area contributed by atoms with Gasteiger partial charge in [0.2, 0.25) is 0 Å². The zero-order valence-electron chi connectivity index (χ0n) is 29.1. The molecule has 4 aromatic rings. The fourth-order valence-corrected chi connectivity index (χ4v) is 12.3. The lowest BCUT2D eigenvalue weighted by atomic mass is 10.0. The average Bonchev–Trinajstić information content (AvgIpc) is 3.92. The van der Waals surface area contributed by atoms with Crippen LogP contribution in [-0.4, -0.2) is 11.7 Å². The molecule has 258 valence electrons. The van der Waals surface area contributed by atoms with Crippen molar-refractivity contribution in [2.24, 2.45) is 0 Å². The van der Waals surface area contributed by atoms with Crippen molar-refractivity contribution in [1.82, 2.24) is 5.32 Å². The van der Waals surface area contributed by atoms with E-state index < -0.39 is 0 Å². The summed E-state index contributed by atoms with van der Waals surface area (Å²) in [7, 11) is 0. The number of rotatable bonds is 22. The van der Waals surface area contributed by atoms with E-state index in [1.165, 1.54) is 146 Å². The molecule has 0 atom stereocenters. The normalized spacial score (nSPS) is 14.9. The number of unbranched alkanes of at least 4 members (excludes halogenated alkanes) is 16. The Balaban J connectivity index is 1.09. The monoisotopic (exact) mass is 719 g/mol. The van der Waals surface area contributed by atoms with Crippen LogP contribution in [0.15, 0.2) is 34.0 Å². The molecule has 5 heterocycles. The summed E-state index contributed by atoms with van der Waals surface area (Å²) in [5, 5.41) is 7.78. The van der Waals surface area contributed by atoms with Crippen LogP contribution in [0.3, 0.4) is 0 Å². The number of aryl methyl sites for hydroxylation is 2. The van der Waals surface area contributed by atoms with Crippen molar-refractivity contribution >= 4 is 87.1 Å². The fraction of sp³-hybridized carbons (Fsp3) is 0.561. The molecule has 0 fully saturated rings. The van der Waals surface area contributed by atoms with Gasteiger partial charge < -0.3 is 5.32 Å². The molecule has 3 nitrogen and oxygen atoms in total. The fourth-order valence-electron chi connectivity index (χ4n) is 7.39. The molecule has 0 aromatic carbocycles. The zero-order chi connectivity index (χ0) is 33.3. The highest BCUT2D eigenvalue weighted by atomic mass is 32.1. The van der Waals surface area contributed by atoms with Crippen LogP contribution >= 0.6 is 45.3 Å². The molecule has 2 aliphatic rings. The van der Waals surface area contributed by atoms with Gasteiger partial charge in [-0.2, -0.15) is 0 Å². The smallest absolute Gasteiger partial charge is 0.256 e. The molecular weight excluding hydrogens is 667 g/mol. The summed E-state index contributed by atoms with van der Waals surface area (Å²) in [6.07, 6.45) is 26.7. The van der Waals surface area contributed by atoms with Gasteiger partial charge >= 0.3 is 0 Å². The molecule has 0 saturated carbocycles. The third-order valence-corrected chi connectivity index (χ3v) is 14.9. The zero-order valence-corrected chi connectivity index (χ0v) is 32.4. The van der Waals surface area contributed by atoms with E-state index in [4.69, 9.17) is 0 Å². The number of carbonyl (C=O) groups excluding carboxylic acids is 2. The summed E-state index contributed by atoms with van der Waals surface area (Å²) in [4.78, 5) is 29.1. The Morgan fingerprint density at radius 3 is 1.56 bits per heavy atom. The van der Waals surface area contributed by atoms with Crippen molar-refractivity contribution < 1.29 is 9.59 Å². The van der Waals surface area contributed by atoms with E-state index in [2.05, 4.69) is 42.1 Å². The Morgan fingerprint density at radius 2 is 1.04 bits per heavy atom. The maximum absolute atomic E-state index is 13.5. The highest BCUT2D eigenvalue weighted by molar-refractivity contribution is 7.28. The topological polar surface area (TPSA) is 46.2 Å². The Bertz CT molecular complexity index is 1630. The molecule has 0 radical (unpaired) electrons. The second kappa shape index (κ2) is 17.7. The first-order valence-electron chi connectivity index (χ1n) is 18.9. The Morgan fingerprint density at radius 1 is 0.583 bits per heavy atom. The van der Waals surface area contributed by atoms with Crippen molar-refractivity contribution in [2.75, 3.05) is 0 Å². The van der Waals surface area contributed by atoms with Gasteiger partial charge in [-0.15, -0.1) is 45.3 Å². The number of hydrogen-bond donors (Lipinski definition) is 1. The molecule has 7 heteroatoms. The van der Waals surface area contributed by atoms with Crippen LogP contribution in [0.2, 0.25) is 0 Å². The predicted molar refractivity (Wildman–Crippen MR) is 213 cm³/mol. The van der Waals surface area contributed by atoms with E-state index >= 15 is 0 Å². The van der Waals surface area contributed by atoms with Gasteiger partial charge in [-0.25, -0.2) is 0 Å². The number of Topliss-reactive ketones (excluding diaryl/α,β-unsaturated/α-hetero) is 1. The van der Waals surface area contributed by atoms with Crippen LogP contribution in [0.4, 0.5) is 0 Å². The standard InChI is InChI=1S/C41H53NO2S4/c1-3-5-7-9-11-13-15-17-19-21-28-26-45-34-24-32(47-39(28)34)30-23-31(43)37-36(30)41(44)42-38(37)33-25-35-40(48-33)29(27-46-35)22-20-18-16-14-12-10-8-6-4-2/h24-27H,3-23H2,1-2H3,(H,42,44). The molecule has 0 bridgehead atoms. The summed E-state index contributed by atoms with van der Waals surface area (Å²) < 4.78 is 5.24. The minimum atomic E-state index is -0.112. The Labute approximate surface area is 303 Å². The van der Waals surface area contributed by atoms with Crippen molar-refractivity contribution in [3.05, 3.63) is 54.9 Å². The van der Waals surface area contributed by atoms with Gasteiger partial charge in [-0.1, -0.05) is 117 Å². The number of nitrogens with one attached hydrogen (secondary N) is 1. The van der Waals surface area contributed by atoms with Crippen molar-refractivity contribution in [2.45, 2.75) is 149 Å². The third kappa shape index (κ3) is 8.45. The first kappa shape index (κ1) is 35.8. The first-order valence-corrected chi connectivity index (χ1v) is 22.3. The quantitative estimate of drug-likeness (QED) is 0.0822. The first-order chi connectivity index (χ1) is 23.6. The summed E-state index contributed by atoms with van der Waals surface area (Å²) in [6, 6.07) is 4.43. The summed E-state index contributed by atoms with van der Waals surface area (Å²) in [5.74, 6) is -0.0362. The molecule has 0 unspecified atom stereocenters. The maximum atomic E-state index is 13.5. The van der Waals surface area contributed by atoms with E-state index in [1.807, 2.05) is 11.3 Å². The second-order valence-corrected chi connectivity index (χ2v) is 17.9. The van der Waals surface area contributed by atoms with Gasteiger partial charge in [0.15, 0.2) is 5.78 Å². The van der Waals surface area contributed by atoms with E-state index in [0.717, 1.165) is 33.9 Å². The van der Waals surface area contributed by atoms with Gasteiger partial charge in [0, 0.05) is 30.1 Å². The average molecular weight is 720 g/mol. The minimum absolute atomic E-state index is 0.0756. The van der Waals surface area contributed by atoms with Crippen LogP contribution in [-0.2, 0) is 22.4 Å². The molecule has 6 rings (SSSR count). The molecule has 48 heavy (non-hydrogen) atoms. The third-order valence-electron chi connectivity index (χ3n) is 10.2. The summed E-state index contributed by atoms with van der Waals surface area (Å²) in [6.45, 7) is 4.55. The highest BCUT2D eigenvalue weighted by Gasteiger charge is 2.41. The van der Waals surface area contributed by atoms with Crippen LogP contribution in [0.25, 0.3) is 30.1 Å². The van der Waals surface area contributed by atoms with E-state index in [-0.39, 0.29) is 11.7 Å². The van der Waals surface area contributed by atoms with Crippen molar-refractivity contribution in [1.29, 1.82) is 0 Å². The molecule has 4 aromatic heterocycles. The summed E-state index contributed by atoms with van der Waals surface area (Å²) in [5.41, 5.74) is 5.77. The Kier molecular flexibility index (Phi) is 13.2. The van der Waals surface area contributed by atoms with E-state index in [1.54, 1.807) is 34.0 Å². The Hall–Kier alpha value is -2.06. The van der Waals surface area contributed by atoms with Crippen LogP contribution in [0, 0.1) is 0 Å². The molecule has 1 aliphatic carbocycles. The summed E-state index contributed by atoms with van der Waals surface area (Å²) >= 11 is 7.13. The lowest BCUT2D eigenvalue weighted by Crippen LogP contribution is -2.16. The molecule has 1 N–H and O–H groups in total. The highest BCUT2D eigenvalue weighted by Crippen LogP contribution is 2.48. The number of hydrogen-bond acceptors (Lipinski definition) is 6. The van der Waals surface area contributed by atoms with Gasteiger partial charge in [0.25, 0.3) is 5.91 Å². The molecular formula is C41H53NO2S4. The maximum Gasteiger partial charge on any atom is 0.256 e. The molecule has 1 amide bonds. The van der Waals surface area contributed by atoms with Gasteiger partial charge in [0.05, 0.1) is 21.7 Å². The lowest BCUT2D eigenvalue weighted by molar-refractivity contribution is -0.116. The van der Waals surface area contributed by atoms with Gasteiger partial charge in [-0.3, -0.25) is 9.59 Å². The molecule has 0 saturated heterocycles. The van der Waals surface area contributed by atoms with Crippen molar-refractivity contribution in [3.8, 4) is 0 Å². The largest absolute Gasteiger partial charge is 0.320 e. The predicted octanol–water partition coefficient (Wildman–Crippen LogP) is 13.7. The van der Waals surface area contributed by atoms with Gasteiger partial charge in [-0.05, 0) is 65.3 Å². The van der Waals surface area contributed by atoms with Crippen LogP contribution in [0.5, 0.6) is 0 Å². The second-order valence-electron chi connectivity index (χ2n) is 13.9. The SMILES string of the molecule is CCCCCCCCCCCc1csc2cc(C3=C4C(=O)NC(c5cc6scc(CCCCCCCCCCC)c6s5)=C4C(=O)C3)sc12. The van der Waals surface area contributed by atoms with Crippen molar-refractivity contribution in [3.63, 3.8) is 0 Å². The number of allylic oxidation sites excluding steroid dienone is 1. The molecule has 0 spiro atoms. The number of amides is 1. The number of carbonyl (C=O) groups is 2. The van der Waals surface area contributed by atoms with E-state index in [9.17, 15) is 9.59 Å². The van der Waals surface area contributed by atoms with Gasteiger partial charge in [0.1, 0.15) is 0 Å².